The van der Waals surface area contributed by atoms with Crippen molar-refractivity contribution in [2.24, 2.45) is 0 Å². The fraction of sp³-hybridized carbons (Fsp3) is 0.750. The summed E-state index contributed by atoms with van der Waals surface area (Å²) >= 11 is 0. The first-order valence-electron chi connectivity index (χ1n) is 4.39. The van der Waals surface area contributed by atoms with E-state index in [1.54, 1.807) is 0 Å². The largest absolute Gasteiger partial charge is 0.480 e. The van der Waals surface area contributed by atoms with Gasteiger partial charge in [0.25, 0.3) is 0 Å². The highest BCUT2D eigenvalue weighted by Crippen LogP contribution is 2.29. The Balaban J connectivity index is 3.10. The van der Waals surface area contributed by atoms with Gasteiger partial charge in [0.1, 0.15) is 0 Å². The van der Waals surface area contributed by atoms with Crippen molar-refractivity contribution < 1.29 is 23.1 Å². The zero-order valence-corrected chi connectivity index (χ0v) is 9.37. The van der Waals surface area contributed by atoms with Crippen LogP contribution < -0.4 is 0 Å². The summed E-state index contributed by atoms with van der Waals surface area (Å²) < 4.78 is 21.1. The average molecular weight is 235 g/mol. The van der Waals surface area contributed by atoms with Gasteiger partial charge in [0, 0.05) is 19.7 Å². The maximum absolute atomic E-state index is 11.4. The average Bonchev–Trinajstić information content (AvgIpc) is 2.46. The van der Waals surface area contributed by atoms with E-state index in [2.05, 4.69) is 0 Å². The van der Waals surface area contributed by atoms with Crippen molar-refractivity contribution in [3.63, 3.8) is 0 Å². The Morgan fingerprint density at radius 2 is 1.93 bits per heavy atom. The summed E-state index contributed by atoms with van der Waals surface area (Å²) in [7, 11) is -3.72. The van der Waals surface area contributed by atoms with Crippen LogP contribution in [0.15, 0.2) is 0 Å². The van der Waals surface area contributed by atoms with Crippen LogP contribution in [0.1, 0.15) is 13.3 Å². The highest BCUT2D eigenvalue weighted by atomic mass is 32.2. The van der Waals surface area contributed by atoms with Crippen molar-refractivity contribution in [2.75, 3.05) is 19.3 Å². The quantitative estimate of drug-likeness (QED) is 0.670. The lowest BCUT2D eigenvalue weighted by Gasteiger charge is -2.22. The number of aliphatic carboxylic acids is 1. The van der Waals surface area contributed by atoms with Gasteiger partial charge < -0.3 is 10.0 Å². The molecule has 7 heteroatoms. The second-order valence-corrected chi connectivity index (χ2v) is 6.09. The van der Waals surface area contributed by atoms with Crippen molar-refractivity contribution in [2.45, 2.75) is 18.1 Å². The van der Waals surface area contributed by atoms with Crippen LogP contribution in [0.4, 0.5) is 0 Å². The van der Waals surface area contributed by atoms with Gasteiger partial charge in [-0.3, -0.25) is 9.59 Å². The van der Waals surface area contributed by atoms with Gasteiger partial charge in [0.15, 0.2) is 14.6 Å². The lowest BCUT2D eigenvalue weighted by molar-refractivity contribution is -0.139. The number of sulfone groups is 1. The molecule has 1 atom stereocenters. The van der Waals surface area contributed by atoms with Crippen LogP contribution in [0.3, 0.4) is 0 Å². The topological polar surface area (TPSA) is 91.8 Å². The molecule has 1 unspecified atom stereocenters. The van der Waals surface area contributed by atoms with Crippen LogP contribution in [0, 0.1) is 0 Å². The third-order valence-corrected chi connectivity index (χ3v) is 4.70. The fourth-order valence-electron chi connectivity index (χ4n) is 1.69. The van der Waals surface area contributed by atoms with E-state index in [1.165, 1.54) is 11.8 Å². The second-order valence-electron chi connectivity index (χ2n) is 3.76. The Morgan fingerprint density at radius 1 is 1.40 bits per heavy atom. The molecule has 0 aromatic heterocycles. The molecule has 6 nitrogen and oxygen atoms in total. The number of amides is 1. The van der Waals surface area contributed by atoms with Crippen molar-refractivity contribution in [3.05, 3.63) is 0 Å². The lowest BCUT2D eigenvalue weighted by Crippen LogP contribution is -2.48. The number of carboxylic acids is 1. The molecule has 1 aliphatic rings. The SMILES string of the molecule is CC(=O)N1CCC(C(=O)O)(S(C)(=O)=O)C1. The highest BCUT2D eigenvalue weighted by molar-refractivity contribution is 7.92. The number of carbonyl (C=O) groups is 2. The van der Waals surface area contributed by atoms with Crippen LogP contribution in [0.5, 0.6) is 0 Å². The molecule has 1 amide bonds. The maximum atomic E-state index is 11.4. The third-order valence-electron chi connectivity index (χ3n) is 2.78. The first-order valence-corrected chi connectivity index (χ1v) is 6.28. The van der Waals surface area contributed by atoms with Crippen LogP contribution in [0.25, 0.3) is 0 Å². The van der Waals surface area contributed by atoms with Gasteiger partial charge in [0.05, 0.1) is 6.54 Å². The van der Waals surface area contributed by atoms with Crippen molar-refractivity contribution in [3.8, 4) is 0 Å². The van der Waals surface area contributed by atoms with Gasteiger partial charge in [-0.05, 0) is 6.42 Å². The normalized spacial score (nSPS) is 26.7. The van der Waals surface area contributed by atoms with Crippen molar-refractivity contribution in [1.29, 1.82) is 0 Å². The highest BCUT2D eigenvalue weighted by Gasteiger charge is 2.53. The van der Waals surface area contributed by atoms with E-state index in [9.17, 15) is 18.0 Å². The van der Waals surface area contributed by atoms with Crippen molar-refractivity contribution in [1.82, 2.24) is 4.90 Å². The molecule has 1 heterocycles. The molecule has 0 aromatic carbocycles. The Labute approximate surface area is 87.8 Å². The molecule has 1 aliphatic heterocycles. The van der Waals surface area contributed by atoms with Crippen LogP contribution in [-0.2, 0) is 19.4 Å². The van der Waals surface area contributed by atoms with E-state index in [1.807, 2.05) is 0 Å². The maximum Gasteiger partial charge on any atom is 0.326 e. The Kier molecular flexibility index (Phi) is 2.77. The number of hydrogen-bond acceptors (Lipinski definition) is 4. The molecule has 0 aliphatic carbocycles. The number of carbonyl (C=O) groups excluding carboxylic acids is 1. The minimum atomic E-state index is -3.72. The monoisotopic (exact) mass is 235 g/mol. The summed E-state index contributed by atoms with van der Waals surface area (Å²) in [6.07, 6.45) is 0.853. The zero-order valence-electron chi connectivity index (χ0n) is 8.56. The molecule has 1 saturated heterocycles. The predicted octanol–water partition coefficient (Wildman–Crippen LogP) is -0.893. The molecule has 0 bridgehead atoms. The van der Waals surface area contributed by atoms with E-state index in [-0.39, 0.29) is 25.4 Å². The minimum absolute atomic E-state index is 0.0409. The summed E-state index contributed by atoms with van der Waals surface area (Å²) in [5.74, 6) is -1.68. The predicted molar refractivity (Wildman–Crippen MR) is 52.1 cm³/mol. The molecule has 0 saturated carbocycles. The van der Waals surface area contributed by atoms with Crippen LogP contribution >= 0.6 is 0 Å². The zero-order chi connectivity index (χ0) is 11.9. The van der Waals surface area contributed by atoms with Gasteiger partial charge in [-0.15, -0.1) is 0 Å². The molecule has 15 heavy (non-hydrogen) atoms. The smallest absolute Gasteiger partial charge is 0.326 e. The van der Waals surface area contributed by atoms with Gasteiger partial charge in [-0.2, -0.15) is 0 Å². The molecule has 86 valence electrons. The van der Waals surface area contributed by atoms with Crippen LogP contribution in [0.2, 0.25) is 0 Å². The van der Waals surface area contributed by atoms with Gasteiger partial charge in [-0.1, -0.05) is 0 Å². The van der Waals surface area contributed by atoms with Gasteiger partial charge in [-0.25, -0.2) is 8.42 Å². The third kappa shape index (κ3) is 1.83. The van der Waals surface area contributed by atoms with Gasteiger partial charge >= 0.3 is 5.97 Å². The molecule has 1 fully saturated rings. The lowest BCUT2D eigenvalue weighted by atomic mass is 10.1. The molecule has 1 N–H and O–H groups in total. The van der Waals surface area contributed by atoms with Crippen molar-refractivity contribution >= 4 is 21.7 Å². The first kappa shape index (κ1) is 12.0. The molecule has 0 aromatic rings. The Hall–Kier alpha value is -1.11. The number of rotatable bonds is 2. The molecular weight excluding hydrogens is 222 g/mol. The molecular formula is C8H13NO5S. The summed E-state index contributed by atoms with van der Waals surface area (Å²) in [6, 6.07) is 0. The van der Waals surface area contributed by atoms with E-state index in [0.29, 0.717) is 0 Å². The fourth-order valence-corrected chi connectivity index (χ4v) is 2.86. The van der Waals surface area contributed by atoms with E-state index < -0.39 is 20.6 Å². The number of nitrogens with zero attached hydrogens (tertiary/aromatic N) is 1. The van der Waals surface area contributed by atoms with Crippen LogP contribution in [-0.4, -0.2) is 54.4 Å². The van der Waals surface area contributed by atoms with E-state index in [4.69, 9.17) is 5.11 Å². The molecule has 0 radical (unpaired) electrons. The molecule has 0 spiro atoms. The second kappa shape index (κ2) is 3.48. The summed E-state index contributed by atoms with van der Waals surface area (Å²) in [5.41, 5.74) is 0. The number of carboxylic acid groups (broad SMARTS) is 1. The standard InChI is InChI=1S/C8H13NO5S/c1-6(10)9-4-3-8(5-9,7(11)12)15(2,13)14/h3-5H2,1-2H3,(H,11,12). The first-order chi connectivity index (χ1) is 6.71. The minimum Gasteiger partial charge on any atom is -0.480 e. The number of hydrogen-bond donors (Lipinski definition) is 1. The number of likely N-dealkylation sites (tertiary alicyclic amines) is 1. The van der Waals surface area contributed by atoms with E-state index >= 15 is 0 Å². The molecule has 1 rings (SSSR count). The Morgan fingerprint density at radius 3 is 2.13 bits per heavy atom. The summed E-state index contributed by atoms with van der Waals surface area (Å²) in [4.78, 5) is 23.3. The van der Waals surface area contributed by atoms with Gasteiger partial charge in [0.2, 0.25) is 5.91 Å². The summed E-state index contributed by atoms with van der Waals surface area (Å²) in [5, 5.41) is 8.98. The Bertz CT molecular complexity index is 401. The summed E-state index contributed by atoms with van der Waals surface area (Å²) in [6.45, 7) is 1.21. The van der Waals surface area contributed by atoms with E-state index in [0.717, 1.165) is 6.26 Å².